The number of nitrogens with one attached hydrogen (secondary N) is 1. The van der Waals surface area contributed by atoms with Gasteiger partial charge in [0.15, 0.2) is 0 Å². The van der Waals surface area contributed by atoms with E-state index in [-0.39, 0.29) is 25.8 Å². The van der Waals surface area contributed by atoms with E-state index in [0.717, 1.165) is 0 Å². The van der Waals surface area contributed by atoms with Gasteiger partial charge in [0, 0.05) is 6.42 Å². The number of hydrogen-bond acceptors (Lipinski definition) is 7. The highest BCUT2D eigenvalue weighted by Gasteiger charge is 2.41. The summed E-state index contributed by atoms with van der Waals surface area (Å²) in [7, 11) is 0. The predicted octanol–water partition coefficient (Wildman–Crippen LogP) is 3.08. The van der Waals surface area contributed by atoms with Crippen molar-refractivity contribution in [2.24, 2.45) is 5.73 Å². The fourth-order valence-electron chi connectivity index (χ4n) is 3.02. The molecule has 0 bridgehead atoms. The smallest absolute Gasteiger partial charge is 0.417 e. The van der Waals surface area contributed by atoms with E-state index in [2.05, 4.69) is 5.32 Å². The minimum absolute atomic E-state index is 0.00143. The van der Waals surface area contributed by atoms with E-state index < -0.39 is 47.3 Å². The van der Waals surface area contributed by atoms with E-state index in [1.54, 1.807) is 71.9 Å². The first-order valence-electron chi connectivity index (χ1n) is 11.2. The van der Waals surface area contributed by atoms with Crippen LogP contribution in [-0.2, 0) is 25.5 Å². The second-order valence-electron chi connectivity index (χ2n) is 9.86. The lowest BCUT2D eigenvalue weighted by Crippen LogP contribution is -2.58. The molecular formula is C24H37N3O7. The average molecular weight is 480 g/mol. The molecule has 2 unspecified atom stereocenters. The molecular weight excluding hydrogens is 442 g/mol. The minimum Gasteiger partial charge on any atom is -0.480 e. The van der Waals surface area contributed by atoms with Gasteiger partial charge >= 0.3 is 18.2 Å². The quantitative estimate of drug-likeness (QED) is 0.489. The number of aliphatic carboxylic acids is 1. The number of hydrogen-bond donors (Lipinski definition) is 3. The highest BCUT2D eigenvalue weighted by Crippen LogP contribution is 2.18. The molecule has 0 aliphatic rings. The van der Waals surface area contributed by atoms with E-state index >= 15 is 0 Å². The standard InChI is InChI=1S/C24H37N3O7/c1-23(2,3)33-21(31)26-17(15-16-11-8-7-9-12-16)19(28)27(22(32)34-24(4,5)6)18(20(29)30)13-10-14-25/h7-9,11-12,17-18H,10,13-15,25H2,1-6H3,(H,26,31)(H,29,30). The maximum atomic E-state index is 13.6. The molecule has 10 nitrogen and oxygen atoms in total. The summed E-state index contributed by atoms with van der Waals surface area (Å²) in [5.41, 5.74) is 4.40. The van der Waals surface area contributed by atoms with Crippen molar-refractivity contribution < 1.29 is 33.8 Å². The average Bonchev–Trinajstić information content (AvgIpc) is 2.67. The zero-order chi connectivity index (χ0) is 26.1. The van der Waals surface area contributed by atoms with Crippen molar-refractivity contribution in [2.75, 3.05) is 6.54 Å². The molecule has 0 saturated heterocycles. The third-order valence-electron chi connectivity index (χ3n) is 4.38. The summed E-state index contributed by atoms with van der Waals surface area (Å²) in [5, 5.41) is 12.3. The highest BCUT2D eigenvalue weighted by molar-refractivity contribution is 6.00. The number of carboxylic acids is 1. The summed E-state index contributed by atoms with van der Waals surface area (Å²) in [6.07, 6.45) is -1.81. The van der Waals surface area contributed by atoms with Crippen LogP contribution in [0.25, 0.3) is 0 Å². The molecule has 1 aromatic carbocycles. The first-order valence-corrected chi connectivity index (χ1v) is 11.2. The Bertz CT molecular complexity index is 844. The largest absolute Gasteiger partial charge is 0.480 e. The van der Waals surface area contributed by atoms with Crippen LogP contribution >= 0.6 is 0 Å². The van der Waals surface area contributed by atoms with Crippen LogP contribution in [0.3, 0.4) is 0 Å². The van der Waals surface area contributed by atoms with Crippen molar-refractivity contribution >= 4 is 24.1 Å². The SMILES string of the molecule is CC(C)(C)OC(=O)NC(Cc1ccccc1)C(=O)N(C(=O)OC(C)(C)C)C(CCCN)C(=O)O. The molecule has 0 fully saturated rings. The summed E-state index contributed by atoms with van der Waals surface area (Å²) in [6, 6.07) is 6.00. The fraction of sp³-hybridized carbons (Fsp3) is 0.583. The minimum atomic E-state index is -1.52. The number of carbonyl (C=O) groups is 4. The zero-order valence-electron chi connectivity index (χ0n) is 20.8. The number of amides is 3. The normalized spacial score (nSPS) is 13.4. The number of ether oxygens (including phenoxy) is 2. The van der Waals surface area contributed by atoms with Crippen LogP contribution in [0.4, 0.5) is 9.59 Å². The maximum Gasteiger partial charge on any atom is 0.417 e. The summed E-state index contributed by atoms with van der Waals surface area (Å²) in [4.78, 5) is 51.8. The molecule has 0 spiro atoms. The van der Waals surface area contributed by atoms with Crippen LogP contribution in [0.15, 0.2) is 30.3 Å². The topological polar surface area (TPSA) is 148 Å². The maximum absolute atomic E-state index is 13.6. The van der Waals surface area contributed by atoms with Crippen LogP contribution < -0.4 is 11.1 Å². The van der Waals surface area contributed by atoms with Crippen molar-refractivity contribution in [3.63, 3.8) is 0 Å². The van der Waals surface area contributed by atoms with E-state index in [9.17, 15) is 24.3 Å². The predicted molar refractivity (Wildman–Crippen MR) is 126 cm³/mol. The molecule has 0 radical (unpaired) electrons. The van der Waals surface area contributed by atoms with Crippen molar-refractivity contribution in [2.45, 2.75) is 84.1 Å². The lowest BCUT2D eigenvalue weighted by Gasteiger charge is -2.33. The molecule has 0 saturated carbocycles. The molecule has 10 heteroatoms. The first-order chi connectivity index (χ1) is 15.6. The van der Waals surface area contributed by atoms with Gasteiger partial charge in [0.2, 0.25) is 0 Å². The van der Waals surface area contributed by atoms with E-state index in [1.807, 2.05) is 0 Å². The van der Waals surface area contributed by atoms with E-state index in [4.69, 9.17) is 15.2 Å². The van der Waals surface area contributed by atoms with Crippen molar-refractivity contribution in [1.29, 1.82) is 0 Å². The van der Waals surface area contributed by atoms with Gasteiger partial charge < -0.3 is 25.6 Å². The van der Waals surface area contributed by atoms with Crippen LogP contribution in [0.2, 0.25) is 0 Å². The molecule has 1 rings (SSSR count). The number of rotatable bonds is 9. The third kappa shape index (κ3) is 10.2. The van der Waals surface area contributed by atoms with Crippen molar-refractivity contribution in [3.05, 3.63) is 35.9 Å². The summed E-state index contributed by atoms with van der Waals surface area (Å²) in [6.45, 7) is 9.98. The Kier molecular flexibility index (Phi) is 10.5. The van der Waals surface area contributed by atoms with Crippen LogP contribution in [-0.4, -0.2) is 63.9 Å². The van der Waals surface area contributed by atoms with Gasteiger partial charge in [-0.05, 0) is 66.5 Å². The number of imide groups is 1. The van der Waals surface area contributed by atoms with Gasteiger partial charge in [0.05, 0.1) is 0 Å². The molecule has 4 N–H and O–H groups in total. The van der Waals surface area contributed by atoms with Crippen LogP contribution in [0.5, 0.6) is 0 Å². The molecule has 3 amide bonds. The third-order valence-corrected chi connectivity index (χ3v) is 4.38. The monoisotopic (exact) mass is 479 g/mol. The van der Waals surface area contributed by atoms with Crippen LogP contribution in [0.1, 0.15) is 59.9 Å². The summed E-state index contributed by atoms with van der Waals surface area (Å²) < 4.78 is 10.6. The molecule has 0 heterocycles. The number of benzene rings is 1. The number of carbonyl (C=O) groups excluding carboxylic acids is 3. The van der Waals surface area contributed by atoms with E-state index in [0.29, 0.717) is 10.5 Å². The molecule has 0 aliphatic heterocycles. The molecule has 190 valence electrons. The van der Waals surface area contributed by atoms with Gasteiger partial charge in [-0.15, -0.1) is 0 Å². The lowest BCUT2D eigenvalue weighted by molar-refractivity contribution is -0.150. The Balaban J connectivity index is 3.41. The lowest BCUT2D eigenvalue weighted by atomic mass is 10.0. The van der Waals surface area contributed by atoms with Crippen LogP contribution in [0, 0.1) is 0 Å². The van der Waals surface area contributed by atoms with Gasteiger partial charge in [-0.25, -0.2) is 19.3 Å². The van der Waals surface area contributed by atoms with E-state index in [1.165, 1.54) is 0 Å². The summed E-state index contributed by atoms with van der Waals surface area (Å²) in [5.74, 6) is -2.31. The molecule has 34 heavy (non-hydrogen) atoms. The second kappa shape index (κ2) is 12.4. The Morgan fingerprint density at radius 1 is 1.00 bits per heavy atom. The first kappa shape index (κ1) is 28.9. The molecule has 0 aromatic heterocycles. The Morgan fingerprint density at radius 3 is 2.03 bits per heavy atom. The van der Waals surface area contributed by atoms with Crippen molar-refractivity contribution in [3.8, 4) is 0 Å². The molecule has 2 atom stereocenters. The van der Waals surface area contributed by atoms with Gasteiger partial charge in [0.1, 0.15) is 23.3 Å². The fourth-order valence-corrected chi connectivity index (χ4v) is 3.02. The zero-order valence-corrected chi connectivity index (χ0v) is 20.8. The number of carboxylic acid groups (broad SMARTS) is 1. The second-order valence-corrected chi connectivity index (χ2v) is 9.86. The van der Waals surface area contributed by atoms with Crippen molar-refractivity contribution in [1.82, 2.24) is 10.2 Å². The van der Waals surface area contributed by atoms with Gasteiger partial charge in [0.25, 0.3) is 5.91 Å². The Morgan fingerprint density at radius 2 is 1.56 bits per heavy atom. The Hall–Kier alpha value is -3.14. The summed E-state index contributed by atoms with van der Waals surface area (Å²) >= 11 is 0. The molecule has 1 aromatic rings. The number of nitrogens with two attached hydrogens (primary N) is 1. The molecule has 0 aliphatic carbocycles. The number of alkyl carbamates (subject to hydrolysis) is 1. The highest BCUT2D eigenvalue weighted by atomic mass is 16.6. The van der Waals surface area contributed by atoms with Gasteiger partial charge in [-0.3, -0.25) is 4.79 Å². The van der Waals surface area contributed by atoms with Gasteiger partial charge in [-0.1, -0.05) is 30.3 Å². The Labute approximate surface area is 200 Å². The van der Waals surface area contributed by atoms with Gasteiger partial charge in [-0.2, -0.15) is 0 Å². The number of nitrogens with zero attached hydrogens (tertiary/aromatic N) is 1.